The lowest BCUT2D eigenvalue weighted by molar-refractivity contribution is -0.129. The van der Waals surface area contributed by atoms with Gasteiger partial charge in [-0.3, -0.25) is 9.35 Å². The van der Waals surface area contributed by atoms with Crippen LogP contribution in [0.4, 0.5) is 0 Å². The summed E-state index contributed by atoms with van der Waals surface area (Å²) in [4.78, 5) is 17.5. The summed E-state index contributed by atoms with van der Waals surface area (Å²) < 4.78 is 60.6. The molecule has 0 unspecified atom stereocenters. The number of benzene rings is 3. The number of carbonyl (C=O) groups excluding carboxylic acids is 1. The summed E-state index contributed by atoms with van der Waals surface area (Å²) in [6, 6.07) is 18.6. The van der Waals surface area contributed by atoms with Crippen LogP contribution in [0.1, 0.15) is 83.4 Å². The number of halogens is 1. The summed E-state index contributed by atoms with van der Waals surface area (Å²) >= 11 is 0. The third-order valence-corrected chi connectivity index (χ3v) is 11.3. The zero-order chi connectivity index (χ0) is 38.8. The minimum absolute atomic E-state index is 0. The van der Waals surface area contributed by atoms with E-state index in [0.717, 1.165) is 54.0 Å². The zero-order valence-corrected chi connectivity index (χ0v) is 34.7. The molecule has 15 heteroatoms. The number of methoxy groups -OCH3 is 2. The summed E-state index contributed by atoms with van der Waals surface area (Å²) in [5.74, 6) is 3.12. The van der Waals surface area contributed by atoms with Crippen molar-refractivity contribution in [3.63, 3.8) is 0 Å². The topological polar surface area (TPSA) is 155 Å². The fourth-order valence-corrected chi connectivity index (χ4v) is 8.13. The van der Waals surface area contributed by atoms with Gasteiger partial charge in [-0.05, 0) is 109 Å². The van der Waals surface area contributed by atoms with E-state index in [1.165, 1.54) is 41.5 Å². The van der Waals surface area contributed by atoms with Crippen LogP contribution in [-0.2, 0) is 57.3 Å². The lowest BCUT2D eigenvalue weighted by Gasteiger charge is -2.30. The summed E-state index contributed by atoms with van der Waals surface area (Å²) in [7, 11) is 0.415. The van der Waals surface area contributed by atoms with Gasteiger partial charge in [0, 0.05) is 39.1 Å². The number of sulfonamides is 1. The van der Waals surface area contributed by atoms with Crippen molar-refractivity contribution in [3.8, 4) is 11.5 Å². The van der Waals surface area contributed by atoms with Gasteiger partial charge in [-0.2, -0.15) is 8.42 Å². The second-order valence-corrected chi connectivity index (χ2v) is 17.4. The van der Waals surface area contributed by atoms with Gasteiger partial charge in [-0.15, -0.1) is 17.2 Å². The molecule has 2 atom stereocenters. The molecule has 0 fully saturated rings. The fraction of sp³-hybridized carbons (Fsp3) is 0.513. The molecule has 3 N–H and O–H groups in total. The van der Waals surface area contributed by atoms with E-state index >= 15 is 0 Å². The van der Waals surface area contributed by atoms with E-state index < -0.39 is 20.1 Å². The van der Waals surface area contributed by atoms with E-state index in [1.54, 1.807) is 26.2 Å². The number of ether oxygens (including phenoxy) is 2. The van der Waals surface area contributed by atoms with Crippen LogP contribution in [0.15, 0.2) is 54.6 Å². The Morgan fingerprint density at radius 3 is 1.96 bits per heavy atom. The van der Waals surface area contributed by atoms with Crippen LogP contribution >= 0.6 is 12.4 Å². The maximum atomic E-state index is 13.0. The number of nitrogens with one attached hydrogen (secondary N) is 2. The van der Waals surface area contributed by atoms with Crippen molar-refractivity contribution in [1.82, 2.24) is 20.1 Å². The molecule has 0 spiro atoms. The first-order chi connectivity index (χ1) is 25.2. The molecule has 1 amide bonds. The van der Waals surface area contributed by atoms with E-state index in [9.17, 15) is 21.6 Å². The number of carbonyl (C=O) groups is 1. The number of rotatable bonds is 11. The van der Waals surface area contributed by atoms with E-state index in [1.807, 2.05) is 49.3 Å². The van der Waals surface area contributed by atoms with Crippen LogP contribution in [0.5, 0.6) is 11.5 Å². The smallest absolute Gasteiger partial charge is 0.261 e. The SMILES string of the molecule is CCS(=O)(=O)NN1Cc2ccc(CC(=O)N(C)C[C@@H]3CCCc4c(OC)cccc43)cc2C1.CNC[C@@H]1CCCc2c(OC)cccc21.CS(=O)(=O)O.Cl. The van der Waals surface area contributed by atoms with Crippen LogP contribution in [0, 0.1) is 0 Å². The predicted octanol–water partition coefficient (Wildman–Crippen LogP) is 5.25. The summed E-state index contributed by atoms with van der Waals surface area (Å²) in [5.41, 5.74) is 8.59. The average Bonchev–Trinajstić information content (AvgIpc) is 3.52. The molecule has 12 nitrogen and oxygen atoms in total. The van der Waals surface area contributed by atoms with Crippen molar-refractivity contribution in [2.24, 2.45) is 0 Å². The van der Waals surface area contributed by atoms with Crippen LogP contribution < -0.4 is 19.6 Å². The highest BCUT2D eigenvalue weighted by Gasteiger charge is 2.27. The van der Waals surface area contributed by atoms with E-state index in [0.29, 0.717) is 44.1 Å². The molecule has 2 aliphatic carbocycles. The molecule has 6 rings (SSSR count). The minimum Gasteiger partial charge on any atom is -0.496 e. The Morgan fingerprint density at radius 1 is 0.889 bits per heavy atom. The number of amides is 1. The Labute approximate surface area is 328 Å². The number of hydrazine groups is 1. The maximum absolute atomic E-state index is 13.0. The standard InChI is InChI=1S/C25H33N3O4S.C13H19NO.CH4O3S.ClH/c1-4-33(30,31)26-28-16-19-12-11-18(13-21(19)17-28)14-25(29)27(2)15-20-7-5-9-23-22(20)8-6-10-24(23)32-3;1-14-9-10-5-3-7-12-11(10)6-4-8-13(12)15-2;1-5(2,3)4;/h6,8,10-13,20,26H,4-5,7,9,14-17H2,1-3H3;4,6,8,10,14H,3,5,7,9H2,1-2H3;1H3,(H,2,3,4);1H/t20-;10-;;/m00../s1. The van der Waals surface area contributed by atoms with Gasteiger partial charge < -0.3 is 19.7 Å². The molecule has 0 radical (unpaired) electrons. The van der Waals surface area contributed by atoms with Gasteiger partial charge in [0.1, 0.15) is 11.5 Å². The van der Waals surface area contributed by atoms with Gasteiger partial charge in [-0.25, -0.2) is 13.4 Å². The first-order valence-electron chi connectivity index (χ1n) is 18.1. The Bertz CT molecular complexity index is 1920. The molecule has 1 heterocycles. The summed E-state index contributed by atoms with van der Waals surface area (Å²) in [6.07, 6.45) is 7.98. The predicted molar refractivity (Wildman–Crippen MR) is 216 cm³/mol. The number of nitrogens with zero attached hydrogens (tertiary/aromatic N) is 2. The minimum atomic E-state index is -3.67. The second-order valence-electron chi connectivity index (χ2n) is 13.9. The molecule has 3 aliphatic rings. The van der Waals surface area contributed by atoms with Crippen molar-refractivity contribution in [2.45, 2.75) is 76.8 Å². The molecule has 54 heavy (non-hydrogen) atoms. The Morgan fingerprint density at radius 2 is 1.43 bits per heavy atom. The lowest BCUT2D eigenvalue weighted by Crippen LogP contribution is -2.39. The fourth-order valence-electron chi connectivity index (χ4n) is 7.48. The molecule has 0 saturated heterocycles. The van der Waals surface area contributed by atoms with Gasteiger partial charge in [0.05, 0.1) is 32.6 Å². The molecule has 0 saturated carbocycles. The van der Waals surface area contributed by atoms with Crippen molar-refractivity contribution < 1.29 is 35.7 Å². The Balaban J connectivity index is 0.000000309. The van der Waals surface area contributed by atoms with Crippen molar-refractivity contribution >= 4 is 38.5 Å². The third-order valence-electron chi connectivity index (χ3n) is 9.98. The molecular weight excluding hydrogens is 752 g/mol. The normalized spacial score (nSPS) is 17.5. The van der Waals surface area contributed by atoms with Crippen molar-refractivity contribution in [1.29, 1.82) is 0 Å². The van der Waals surface area contributed by atoms with Gasteiger partial charge in [0.25, 0.3) is 10.1 Å². The highest BCUT2D eigenvalue weighted by Crippen LogP contribution is 2.38. The van der Waals surface area contributed by atoms with E-state index in [-0.39, 0.29) is 24.1 Å². The van der Waals surface area contributed by atoms with E-state index in [2.05, 4.69) is 34.4 Å². The second kappa shape index (κ2) is 20.6. The maximum Gasteiger partial charge on any atom is 0.261 e. The van der Waals surface area contributed by atoms with Crippen molar-refractivity contribution in [2.75, 3.05) is 53.4 Å². The molecule has 0 bridgehead atoms. The highest BCUT2D eigenvalue weighted by molar-refractivity contribution is 7.89. The summed E-state index contributed by atoms with van der Waals surface area (Å²) in [5, 5.41) is 4.98. The van der Waals surface area contributed by atoms with Crippen molar-refractivity contribution in [3.05, 3.63) is 93.5 Å². The molecule has 0 aromatic heterocycles. The molecule has 3 aromatic carbocycles. The largest absolute Gasteiger partial charge is 0.496 e. The first kappa shape index (κ1) is 45.2. The van der Waals surface area contributed by atoms with Gasteiger partial charge >= 0.3 is 0 Å². The molecule has 1 aliphatic heterocycles. The summed E-state index contributed by atoms with van der Waals surface area (Å²) in [6.45, 7) is 4.42. The third kappa shape index (κ3) is 12.9. The van der Waals surface area contributed by atoms with Gasteiger partial charge in [0.2, 0.25) is 15.9 Å². The Hall–Kier alpha value is -3.24. The monoisotopic (exact) mass is 808 g/mol. The molecular formula is C39H57ClN4O8S2. The zero-order valence-electron chi connectivity index (χ0n) is 32.3. The molecule has 300 valence electrons. The quantitative estimate of drug-likeness (QED) is 0.219. The Kier molecular flexibility index (Phi) is 17.2. The van der Waals surface area contributed by atoms with E-state index in [4.69, 9.17) is 14.0 Å². The van der Waals surface area contributed by atoms with Gasteiger partial charge in [-0.1, -0.05) is 42.5 Å². The van der Waals surface area contributed by atoms with Crippen LogP contribution in [-0.4, -0.2) is 90.6 Å². The first-order valence-corrected chi connectivity index (χ1v) is 21.6. The average molecular weight is 809 g/mol. The van der Waals surface area contributed by atoms with Crippen LogP contribution in [0.25, 0.3) is 0 Å². The number of fused-ring (bicyclic) bond motifs is 3. The molecule has 3 aromatic rings. The van der Waals surface area contributed by atoms with Gasteiger partial charge in [0.15, 0.2) is 0 Å². The number of hydrogen-bond acceptors (Lipinski definition) is 9. The number of hydrogen-bond donors (Lipinski definition) is 3. The number of likely N-dealkylation sites (N-methyl/N-ethyl adjacent to an activating group) is 2. The lowest BCUT2D eigenvalue weighted by atomic mass is 9.82. The van der Waals surface area contributed by atoms with Crippen LogP contribution in [0.2, 0.25) is 0 Å². The highest BCUT2D eigenvalue weighted by atomic mass is 35.5. The van der Waals surface area contributed by atoms with Crippen LogP contribution in [0.3, 0.4) is 0 Å².